The number of carbonyl (C=O) groups excluding carboxylic acids is 2. The SMILES string of the molecule is C=C(C)C(=O)OCC(=O)c1ccc(OCC)cc1. The second kappa shape index (κ2) is 6.59. The summed E-state index contributed by atoms with van der Waals surface area (Å²) < 4.78 is 10.0. The molecule has 0 amide bonds. The van der Waals surface area contributed by atoms with Crippen LogP contribution in [0.3, 0.4) is 0 Å². The number of Topliss-reactive ketones (excluding diaryl/α,β-unsaturated/α-hetero) is 1. The molecular weight excluding hydrogens is 232 g/mol. The molecule has 0 saturated carbocycles. The standard InChI is InChI=1S/C14H16O4/c1-4-17-12-7-5-11(6-8-12)13(15)9-18-14(16)10(2)3/h5-8H,2,4,9H2,1,3H3. The van der Waals surface area contributed by atoms with Crippen molar-refractivity contribution in [1.29, 1.82) is 0 Å². The molecule has 1 aromatic carbocycles. The molecule has 0 N–H and O–H groups in total. The predicted octanol–water partition coefficient (Wildman–Crippen LogP) is 2.39. The molecule has 0 atom stereocenters. The molecule has 1 aromatic rings. The summed E-state index contributed by atoms with van der Waals surface area (Å²) in [6.45, 7) is 7.15. The topological polar surface area (TPSA) is 52.6 Å². The smallest absolute Gasteiger partial charge is 0.333 e. The Labute approximate surface area is 106 Å². The van der Waals surface area contributed by atoms with E-state index in [4.69, 9.17) is 9.47 Å². The van der Waals surface area contributed by atoms with Crippen molar-refractivity contribution in [2.75, 3.05) is 13.2 Å². The molecule has 0 aliphatic heterocycles. The van der Waals surface area contributed by atoms with E-state index in [0.717, 1.165) is 0 Å². The monoisotopic (exact) mass is 248 g/mol. The van der Waals surface area contributed by atoms with E-state index in [0.29, 0.717) is 17.9 Å². The summed E-state index contributed by atoms with van der Waals surface area (Å²) in [6.07, 6.45) is 0. The molecule has 0 saturated heterocycles. The molecule has 0 aliphatic rings. The second-order valence-corrected chi connectivity index (χ2v) is 3.74. The number of carbonyl (C=O) groups is 2. The highest BCUT2D eigenvalue weighted by atomic mass is 16.5. The number of hydrogen-bond donors (Lipinski definition) is 0. The Balaban J connectivity index is 2.56. The first-order chi connectivity index (χ1) is 8.54. The Morgan fingerprint density at radius 1 is 1.22 bits per heavy atom. The highest BCUT2D eigenvalue weighted by Crippen LogP contribution is 2.12. The average molecular weight is 248 g/mol. The molecule has 0 fully saturated rings. The zero-order valence-corrected chi connectivity index (χ0v) is 10.6. The maximum Gasteiger partial charge on any atom is 0.333 e. The van der Waals surface area contributed by atoms with Gasteiger partial charge in [-0.1, -0.05) is 6.58 Å². The van der Waals surface area contributed by atoms with E-state index < -0.39 is 5.97 Å². The van der Waals surface area contributed by atoms with Crippen LogP contribution in [0.1, 0.15) is 24.2 Å². The lowest BCUT2D eigenvalue weighted by molar-refractivity contribution is -0.137. The van der Waals surface area contributed by atoms with Crippen LogP contribution in [0.5, 0.6) is 5.75 Å². The first-order valence-electron chi connectivity index (χ1n) is 5.63. The van der Waals surface area contributed by atoms with Crippen LogP contribution in [0, 0.1) is 0 Å². The van der Waals surface area contributed by atoms with E-state index in [1.54, 1.807) is 24.3 Å². The van der Waals surface area contributed by atoms with Gasteiger partial charge in [-0.25, -0.2) is 4.79 Å². The van der Waals surface area contributed by atoms with Gasteiger partial charge in [0.1, 0.15) is 5.75 Å². The molecular formula is C14H16O4. The molecule has 0 heterocycles. The van der Waals surface area contributed by atoms with Crippen LogP contribution < -0.4 is 4.74 Å². The van der Waals surface area contributed by atoms with Crippen molar-refractivity contribution in [2.45, 2.75) is 13.8 Å². The average Bonchev–Trinajstić information content (AvgIpc) is 2.36. The zero-order valence-electron chi connectivity index (χ0n) is 10.6. The number of hydrogen-bond acceptors (Lipinski definition) is 4. The third-order valence-electron chi connectivity index (χ3n) is 2.17. The lowest BCUT2D eigenvalue weighted by Gasteiger charge is -2.05. The fourth-order valence-corrected chi connectivity index (χ4v) is 1.24. The van der Waals surface area contributed by atoms with E-state index in [9.17, 15) is 9.59 Å². The highest BCUT2D eigenvalue weighted by Gasteiger charge is 2.10. The van der Waals surface area contributed by atoms with Gasteiger partial charge < -0.3 is 9.47 Å². The third kappa shape index (κ3) is 4.05. The van der Waals surface area contributed by atoms with Crippen LogP contribution in [0.4, 0.5) is 0 Å². The van der Waals surface area contributed by atoms with Gasteiger partial charge in [0.15, 0.2) is 12.4 Å². The van der Waals surface area contributed by atoms with E-state index in [2.05, 4.69) is 6.58 Å². The molecule has 0 bridgehead atoms. The maximum atomic E-state index is 11.7. The molecule has 18 heavy (non-hydrogen) atoms. The van der Waals surface area contributed by atoms with Gasteiger partial charge in [-0.15, -0.1) is 0 Å². The maximum absolute atomic E-state index is 11.7. The minimum atomic E-state index is -0.561. The zero-order chi connectivity index (χ0) is 13.5. The molecule has 0 aliphatic carbocycles. The van der Waals surface area contributed by atoms with Gasteiger partial charge in [0, 0.05) is 11.1 Å². The van der Waals surface area contributed by atoms with Crippen molar-refractivity contribution in [1.82, 2.24) is 0 Å². The molecule has 0 spiro atoms. The Morgan fingerprint density at radius 2 is 1.83 bits per heavy atom. The third-order valence-corrected chi connectivity index (χ3v) is 2.17. The van der Waals surface area contributed by atoms with Gasteiger partial charge in [0.2, 0.25) is 0 Å². The lowest BCUT2D eigenvalue weighted by Crippen LogP contribution is -2.14. The summed E-state index contributed by atoms with van der Waals surface area (Å²) in [6, 6.07) is 6.69. The molecule has 0 unspecified atom stereocenters. The number of benzene rings is 1. The summed E-state index contributed by atoms with van der Waals surface area (Å²) in [7, 11) is 0. The highest BCUT2D eigenvalue weighted by molar-refractivity contribution is 5.99. The van der Waals surface area contributed by atoms with Crippen LogP contribution in [-0.2, 0) is 9.53 Å². The fourth-order valence-electron chi connectivity index (χ4n) is 1.24. The largest absolute Gasteiger partial charge is 0.494 e. The van der Waals surface area contributed by atoms with Gasteiger partial charge in [0.05, 0.1) is 6.61 Å². The molecule has 0 radical (unpaired) electrons. The summed E-state index contributed by atoms with van der Waals surface area (Å²) in [4.78, 5) is 22.8. The number of ether oxygens (including phenoxy) is 2. The lowest BCUT2D eigenvalue weighted by atomic mass is 10.1. The Bertz CT molecular complexity index is 445. The number of esters is 1. The minimum Gasteiger partial charge on any atom is -0.494 e. The predicted molar refractivity (Wildman–Crippen MR) is 67.7 cm³/mol. The van der Waals surface area contributed by atoms with Crippen molar-refractivity contribution in [3.8, 4) is 5.75 Å². The summed E-state index contributed by atoms with van der Waals surface area (Å²) in [5, 5.41) is 0. The van der Waals surface area contributed by atoms with Gasteiger partial charge in [0.25, 0.3) is 0 Å². The van der Waals surface area contributed by atoms with Gasteiger partial charge in [-0.3, -0.25) is 4.79 Å². The molecule has 96 valence electrons. The van der Waals surface area contributed by atoms with Gasteiger partial charge >= 0.3 is 5.97 Å². The molecule has 4 nitrogen and oxygen atoms in total. The number of rotatable bonds is 6. The fraction of sp³-hybridized carbons (Fsp3) is 0.286. The van der Waals surface area contributed by atoms with Crippen LogP contribution in [0.15, 0.2) is 36.4 Å². The Hall–Kier alpha value is -2.10. The minimum absolute atomic E-state index is 0.257. The normalized spacial score (nSPS) is 9.67. The van der Waals surface area contributed by atoms with Crippen molar-refractivity contribution < 1.29 is 19.1 Å². The molecule has 4 heteroatoms. The van der Waals surface area contributed by atoms with Gasteiger partial charge in [-0.2, -0.15) is 0 Å². The second-order valence-electron chi connectivity index (χ2n) is 3.74. The van der Waals surface area contributed by atoms with Crippen LogP contribution in [-0.4, -0.2) is 25.0 Å². The first-order valence-corrected chi connectivity index (χ1v) is 5.63. The van der Waals surface area contributed by atoms with E-state index in [1.165, 1.54) is 6.92 Å². The Morgan fingerprint density at radius 3 is 2.33 bits per heavy atom. The number of ketones is 1. The van der Waals surface area contributed by atoms with E-state index in [1.807, 2.05) is 6.92 Å². The van der Waals surface area contributed by atoms with Gasteiger partial charge in [-0.05, 0) is 38.1 Å². The quantitative estimate of drug-likeness (QED) is 0.440. The van der Waals surface area contributed by atoms with E-state index in [-0.39, 0.29) is 18.0 Å². The van der Waals surface area contributed by atoms with Crippen molar-refractivity contribution in [2.24, 2.45) is 0 Å². The van der Waals surface area contributed by atoms with Crippen molar-refractivity contribution in [3.05, 3.63) is 42.0 Å². The summed E-state index contributed by atoms with van der Waals surface area (Å²) in [5.41, 5.74) is 0.752. The van der Waals surface area contributed by atoms with E-state index >= 15 is 0 Å². The molecule has 1 rings (SSSR count). The van der Waals surface area contributed by atoms with Crippen LogP contribution in [0.25, 0.3) is 0 Å². The first kappa shape index (κ1) is 14.0. The molecule has 0 aromatic heterocycles. The summed E-state index contributed by atoms with van der Waals surface area (Å²) >= 11 is 0. The van der Waals surface area contributed by atoms with Crippen molar-refractivity contribution in [3.63, 3.8) is 0 Å². The Kier molecular flexibility index (Phi) is 5.11. The van der Waals surface area contributed by atoms with Crippen LogP contribution in [0.2, 0.25) is 0 Å². The summed E-state index contributed by atoms with van der Waals surface area (Å²) in [5.74, 6) is -0.116. The van der Waals surface area contributed by atoms with Crippen molar-refractivity contribution >= 4 is 11.8 Å². The van der Waals surface area contributed by atoms with Crippen LogP contribution >= 0.6 is 0 Å².